The van der Waals surface area contributed by atoms with Gasteiger partial charge in [0.25, 0.3) is 0 Å². The van der Waals surface area contributed by atoms with E-state index in [4.69, 9.17) is 9.47 Å². The number of carboxylic acid groups (broad SMARTS) is 1. The summed E-state index contributed by atoms with van der Waals surface area (Å²) in [6, 6.07) is 18.8. The predicted molar refractivity (Wildman–Crippen MR) is 103 cm³/mol. The molecule has 2 aliphatic rings. The monoisotopic (exact) mass is 380 g/mol. The van der Waals surface area contributed by atoms with Gasteiger partial charge < -0.3 is 14.6 Å². The molecule has 1 saturated heterocycles. The molecule has 2 aromatic rings. The Hall–Kier alpha value is -2.66. The third-order valence-electron chi connectivity index (χ3n) is 5.91. The van der Waals surface area contributed by atoms with Crippen molar-refractivity contribution < 1.29 is 24.2 Å². The van der Waals surface area contributed by atoms with E-state index in [9.17, 15) is 14.7 Å². The molecule has 28 heavy (non-hydrogen) atoms. The molecule has 0 aromatic heterocycles. The quantitative estimate of drug-likeness (QED) is 0.775. The summed E-state index contributed by atoms with van der Waals surface area (Å²) in [5, 5.41) is 9.93. The number of hydrogen-bond acceptors (Lipinski definition) is 4. The van der Waals surface area contributed by atoms with E-state index < -0.39 is 29.6 Å². The highest BCUT2D eigenvalue weighted by Gasteiger charge is 2.59. The molecule has 2 fully saturated rings. The smallest absolute Gasteiger partial charge is 0.310 e. The lowest BCUT2D eigenvalue weighted by Gasteiger charge is -2.49. The molecule has 1 aliphatic carbocycles. The molecule has 1 heterocycles. The van der Waals surface area contributed by atoms with Gasteiger partial charge in [0.1, 0.15) is 6.61 Å². The normalized spacial score (nSPS) is 29.1. The largest absolute Gasteiger partial charge is 0.481 e. The van der Waals surface area contributed by atoms with Crippen LogP contribution in [0.1, 0.15) is 35.8 Å². The van der Waals surface area contributed by atoms with Crippen molar-refractivity contribution in [1.29, 1.82) is 0 Å². The van der Waals surface area contributed by atoms with Crippen LogP contribution in [0.25, 0.3) is 0 Å². The molecule has 0 unspecified atom stereocenters. The van der Waals surface area contributed by atoms with Crippen LogP contribution >= 0.6 is 0 Å². The summed E-state index contributed by atoms with van der Waals surface area (Å²) < 4.78 is 11.2. The second-order valence-electron chi connectivity index (χ2n) is 7.53. The molecule has 3 atom stereocenters. The number of hydrogen-bond donors (Lipinski definition) is 1. The van der Waals surface area contributed by atoms with Crippen molar-refractivity contribution in [3.05, 3.63) is 71.8 Å². The van der Waals surface area contributed by atoms with Crippen molar-refractivity contribution in [3.8, 4) is 0 Å². The van der Waals surface area contributed by atoms with E-state index >= 15 is 0 Å². The highest BCUT2D eigenvalue weighted by Crippen LogP contribution is 2.58. The predicted octanol–water partition coefficient (Wildman–Crippen LogP) is 3.61. The van der Waals surface area contributed by atoms with E-state index in [1.165, 1.54) is 0 Å². The Morgan fingerprint density at radius 2 is 1.50 bits per heavy atom. The fourth-order valence-corrected chi connectivity index (χ4v) is 4.58. The van der Waals surface area contributed by atoms with Crippen LogP contribution < -0.4 is 0 Å². The number of aliphatic carboxylic acids is 1. The Labute approximate surface area is 164 Å². The maximum absolute atomic E-state index is 13.0. The molecule has 146 valence electrons. The maximum Gasteiger partial charge on any atom is 0.310 e. The van der Waals surface area contributed by atoms with Gasteiger partial charge in [-0.15, -0.1) is 0 Å². The molecule has 2 aromatic carbocycles. The maximum atomic E-state index is 13.0. The first-order valence-electron chi connectivity index (χ1n) is 9.77. The summed E-state index contributed by atoms with van der Waals surface area (Å²) in [5.74, 6) is -3.21. The SMILES string of the molecule is O=C(O)C1[C@H](c2ccccc2)C(C(=O)OC[C@H]2CCCO2)[C@H]1c1ccccc1. The van der Waals surface area contributed by atoms with Crippen molar-refractivity contribution in [3.63, 3.8) is 0 Å². The van der Waals surface area contributed by atoms with Crippen LogP contribution in [0.3, 0.4) is 0 Å². The van der Waals surface area contributed by atoms with E-state index in [2.05, 4.69) is 0 Å². The third kappa shape index (κ3) is 3.54. The second-order valence-corrected chi connectivity index (χ2v) is 7.53. The summed E-state index contributed by atoms with van der Waals surface area (Å²) >= 11 is 0. The van der Waals surface area contributed by atoms with Gasteiger partial charge in [0, 0.05) is 18.4 Å². The number of esters is 1. The van der Waals surface area contributed by atoms with Crippen LogP contribution in [0.5, 0.6) is 0 Å². The Balaban J connectivity index is 1.62. The van der Waals surface area contributed by atoms with Crippen LogP contribution in [0.4, 0.5) is 0 Å². The first kappa shape index (κ1) is 18.7. The molecular weight excluding hydrogens is 356 g/mol. The zero-order valence-corrected chi connectivity index (χ0v) is 15.6. The minimum absolute atomic E-state index is 0.0513. The minimum Gasteiger partial charge on any atom is -0.481 e. The summed E-state index contributed by atoms with van der Waals surface area (Å²) in [7, 11) is 0. The molecule has 0 radical (unpaired) electrons. The van der Waals surface area contributed by atoms with Gasteiger partial charge in [-0.25, -0.2) is 0 Å². The van der Waals surface area contributed by atoms with Crippen LogP contribution in [0.2, 0.25) is 0 Å². The fourth-order valence-electron chi connectivity index (χ4n) is 4.58. The number of ether oxygens (including phenoxy) is 2. The van der Waals surface area contributed by atoms with Crippen LogP contribution in [0.15, 0.2) is 60.7 Å². The van der Waals surface area contributed by atoms with Gasteiger partial charge in [-0.1, -0.05) is 60.7 Å². The molecule has 0 amide bonds. The lowest BCUT2D eigenvalue weighted by atomic mass is 9.52. The van der Waals surface area contributed by atoms with Gasteiger partial charge in [0.2, 0.25) is 0 Å². The van der Waals surface area contributed by atoms with Gasteiger partial charge in [0.05, 0.1) is 17.9 Å². The Morgan fingerprint density at radius 3 is 1.96 bits per heavy atom. The lowest BCUT2D eigenvalue weighted by molar-refractivity contribution is -0.166. The van der Waals surface area contributed by atoms with Crippen molar-refractivity contribution >= 4 is 11.9 Å². The first-order valence-corrected chi connectivity index (χ1v) is 9.77. The number of rotatable bonds is 6. The summed E-state index contributed by atoms with van der Waals surface area (Å²) in [4.78, 5) is 25.2. The molecular formula is C23H24O5. The molecule has 1 aliphatic heterocycles. The molecule has 1 N–H and O–H groups in total. The number of carboxylic acids is 1. The van der Waals surface area contributed by atoms with Crippen LogP contribution in [-0.2, 0) is 19.1 Å². The van der Waals surface area contributed by atoms with Crippen molar-refractivity contribution in [1.82, 2.24) is 0 Å². The second kappa shape index (κ2) is 8.15. The van der Waals surface area contributed by atoms with E-state index in [1.54, 1.807) is 0 Å². The molecule has 1 saturated carbocycles. The molecule has 5 nitrogen and oxygen atoms in total. The highest BCUT2D eigenvalue weighted by molar-refractivity contribution is 5.84. The standard InChI is InChI=1S/C23H24O5/c24-22(25)20-18(15-8-3-1-4-9-15)21(19(20)16-10-5-2-6-11-16)23(26)28-14-17-12-7-13-27-17/h1-6,8-11,17-21H,7,12-14H2,(H,24,25)/t17-,18+,19+,20?,21?/m1/s1. The summed E-state index contributed by atoms with van der Waals surface area (Å²) in [6.45, 7) is 0.933. The lowest BCUT2D eigenvalue weighted by Crippen LogP contribution is -2.51. The van der Waals surface area contributed by atoms with Crippen molar-refractivity contribution in [2.75, 3.05) is 13.2 Å². The van der Waals surface area contributed by atoms with Crippen molar-refractivity contribution in [2.24, 2.45) is 11.8 Å². The van der Waals surface area contributed by atoms with E-state index in [0.717, 1.165) is 24.0 Å². The Morgan fingerprint density at radius 1 is 0.929 bits per heavy atom. The molecule has 0 bridgehead atoms. The van der Waals surface area contributed by atoms with Gasteiger partial charge >= 0.3 is 11.9 Å². The first-order chi connectivity index (χ1) is 13.7. The average molecular weight is 380 g/mol. The van der Waals surface area contributed by atoms with Gasteiger partial charge in [-0.05, 0) is 24.0 Å². The van der Waals surface area contributed by atoms with Crippen LogP contribution in [0, 0.1) is 11.8 Å². The molecule has 5 heteroatoms. The average Bonchev–Trinajstić information content (AvgIpc) is 3.21. The Kier molecular flexibility index (Phi) is 5.44. The Bertz CT molecular complexity index is 766. The third-order valence-corrected chi connectivity index (χ3v) is 5.91. The van der Waals surface area contributed by atoms with Gasteiger partial charge in [0.15, 0.2) is 0 Å². The fraction of sp³-hybridized carbons (Fsp3) is 0.391. The number of carbonyl (C=O) groups is 2. The van der Waals surface area contributed by atoms with Crippen LogP contribution in [-0.4, -0.2) is 36.4 Å². The van der Waals surface area contributed by atoms with E-state index in [-0.39, 0.29) is 18.7 Å². The molecule has 4 rings (SSSR count). The minimum atomic E-state index is -0.883. The zero-order valence-electron chi connectivity index (χ0n) is 15.6. The van der Waals surface area contributed by atoms with Gasteiger partial charge in [-0.2, -0.15) is 0 Å². The molecule has 0 spiro atoms. The van der Waals surface area contributed by atoms with E-state index in [1.807, 2.05) is 60.7 Å². The summed E-state index contributed by atoms with van der Waals surface area (Å²) in [6.07, 6.45) is 1.82. The summed E-state index contributed by atoms with van der Waals surface area (Å²) in [5.41, 5.74) is 1.72. The number of benzene rings is 2. The van der Waals surface area contributed by atoms with Crippen molar-refractivity contribution in [2.45, 2.75) is 30.8 Å². The number of carbonyl (C=O) groups excluding carboxylic acids is 1. The topological polar surface area (TPSA) is 72.8 Å². The zero-order chi connectivity index (χ0) is 19.5. The van der Waals surface area contributed by atoms with E-state index in [0.29, 0.717) is 6.61 Å². The highest BCUT2D eigenvalue weighted by atomic mass is 16.6. The van der Waals surface area contributed by atoms with Gasteiger partial charge in [-0.3, -0.25) is 9.59 Å².